The van der Waals surface area contributed by atoms with Crippen LogP contribution in [0, 0.1) is 0 Å². The molecule has 0 saturated carbocycles. The summed E-state index contributed by atoms with van der Waals surface area (Å²) in [6.45, 7) is 1.34. The summed E-state index contributed by atoms with van der Waals surface area (Å²) in [6.07, 6.45) is 3.09. The van der Waals surface area contributed by atoms with Crippen LogP contribution in [0.4, 0.5) is 5.13 Å². The van der Waals surface area contributed by atoms with Gasteiger partial charge in [0.15, 0.2) is 5.13 Å². The van der Waals surface area contributed by atoms with E-state index in [2.05, 4.69) is 10.3 Å². The highest BCUT2D eigenvalue weighted by Gasteiger charge is 2.06. The Morgan fingerprint density at radius 2 is 1.81 bits per heavy atom. The smallest absolute Gasteiger partial charge is 0.308 e. The molecule has 7 heteroatoms. The lowest BCUT2D eigenvalue weighted by molar-refractivity contribution is -0.131. The molecule has 1 heterocycles. The third kappa shape index (κ3) is 5.51. The van der Waals surface area contributed by atoms with Crippen LogP contribution in [-0.2, 0) is 9.59 Å². The lowest BCUT2D eigenvalue weighted by atomic mass is 10.2. The molecule has 0 aliphatic carbocycles. The number of benzene rings is 2. The maximum atomic E-state index is 12.1. The van der Waals surface area contributed by atoms with Gasteiger partial charge in [0.25, 0.3) is 0 Å². The van der Waals surface area contributed by atoms with Crippen molar-refractivity contribution in [3.63, 3.8) is 0 Å². The number of hydrogen-bond donors (Lipinski definition) is 1. The van der Waals surface area contributed by atoms with Crippen LogP contribution in [0.2, 0.25) is 5.02 Å². The van der Waals surface area contributed by atoms with Gasteiger partial charge in [0.05, 0.1) is 5.69 Å². The van der Waals surface area contributed by atoms with Crippen molar-refractivity contribution < 1.29 is 14.3 Å². The fourth-order valence-electron chi connectivity index (χ4n) is 2.22. The SMILES string of the molecule is CC(=O)Oc1ccc(C=CC(=O)Nc2nc(-c3ccc(Cl)cc3)cs2)cc1. The molecule has 0 radical (unpaired) electrons. The van der Waals surface area contributed by atoms with Crippen LogP contribution in [0.25, 0.3) is 17.3 Å². The van der Waals surface area contributed by atoms with E-state index in [-0.39, 0.29) is 11.9 Å². The van der Waals surface area contributed by atoms with Gasteiger partial charge in [-0.15, -0.1) is 11.3 Å². The van der Waals surface area contributed by atoms with Crippen LogP contribution in [0.1, 0.15) is 12.5 Å². The predicted molar refractivity (Wildman–Crippen MR) is 108 cm³/mol. The highest BCUT2D eigenvalue weighted by Crippen LogP contribution is 2.26. The van der Waals surface area contributed by atoms with E-state index in [9.17, 15) is 9.59 Å². The normalized spacial score (nSPS) is 10.7. The molecular weight excluding hydrogens is 384 g/mol. The Labute approximate surface area is 165 Å². The number of hydrogen-bond acceptors (Lipinski definition) is 5. The summed E-state index contributed by atoms with van der Waals surface area (Å²) in [5.41, 5.74) is 2.51. The molecule has 136 valence electrons. The first-order valence-corrected chi connectivity index (χ1v) is 9.24. The topological polar surface area (TPSA) is 68.3 Å². The van der Waals surface area contributed by atoms with Gasteiger partial charge in [-0.25, -0.2) is 4.98 Å². The molecule has 5 nitrogen and oxygen atoms in total. The Morgan fingerprint density at radius 1 is 1.11 bits per heavy atom. The molecule has 2 aromatic carbocycles. The summed E-state index contributed by atoms with van der Waals surface area (Å²) in [7, 11) is 0. The monoisotopic (exact) mass is 398 g/mol. The van der Waals surface area contributed by atoms with Crippen LogP contribution in [-0.4, -0.2) is 16.9 Å². The minimum atomic E-state index is -0.376. The highest BCUT2D eigenvalue weighted by atomic mass is 35.5. The van der Waals surface area contributed by atoms with Crippen LogP contribution < -0.4 is 10.1 Å². The molecule has 27 heavy (non-hydrogen) atoms. The van der Waals surface area contributed by atoms with Crippen molar-refractivity contribution in [3.05, 3.63) is 70.6 Å². The van der Waals surface area contributed by atoms with Crippen molar-refractivity contribution in [2.24, 2.45) is 0 Å². The molecular formula is C20H15ClN2O3S. The molecule has 1 amide bonds. The summed E-state index contributed by atoms with van der Waals surface area (Å²) in [6, 6.07) is 14.2. The minimum absolute atomic E-state index is 0.281. The predicted octanol–water partition coefficient (Wildman–Crippen LogP) is 5.04. The van der Waals surface area contributed by atoms with Gasteiger partial charge in [-0.2, -0.15) is 0 Å². The molecule has 0 aliphatic heterocycles. The summed E-state index contributed by atoms with van der Waals surface area (Å²) in [4.78, 5) is 27.4. The number of amides is 1. The summed E-state index contributed by atoms with van der Waals surface area (Å²) in [5.74, 6) is -0.197. The quantitative estimate of drug-likeness (QED) is 0.371. The number of rotatable bonds is 5. The molecule has 0 aliphatic rings. The van der Waals surface area contributed by atoms with Gasteiger partial charge in [-0.05, 0) is 35.9 Å². The third-order valence-electron chi connectivity index (χ3n) is 3.44. The summed E-state index contributed by atoms with van der Waals surface area (Å²) >= 11 is 7.23. The van der Waals surface area contributed by atoms with E-state index >= 15 is 0 Å². The Balaban J connectivity index is 1.60. The number of carbonyl (C=O) groups excluding carboxylic acids is 2. The Hall–Kier alpha value is -2.96. The van der Waals surface area contributed by atoms with Crippen molar-refractivity contribution in [1.29, 1.82) is 0 Å². The Kier molecular flexibility index (Phi) is 6.01. The molecule has 1 N–H and O–H groups in total. The Bertz CT molecular complexity index is 979. The lowest BCUT2D eigenvalue weighted by Crippen LogP contribution is -2.07. The van der Waals surface area contributed by atoms with Gasteiger partial charge >= 0.3 is 5.97 Å². The molecule has 3 rings (SSSR count). The zero-order valence-corrected chi connectivity index (χ0v) is 15.9. The van der Waals surface area contributed by atoms with Crippen LogP contribution in [0.3, 0.4) is 0 Å². The number of carbonyl (C=O) groups is 2. The van der Waals surface area contributed by atoms with E-state index in [0.717, 1.165) is 16.8 Å². The maximum Gasteiger partial charge on any atom is 0.308 e. The van der Waals surface area contributed by atoms with E-state index in [4.69, 9.17) is 16.3 Å². The molecule has 0 unspecified atom stereocenters. The number of halogens is 1. The average molecular weight is 399 g/mol. The van der Waals surface area contributed by atoms with Gasteiger partial charge in [0.2, 0.25) is 5.91 Å². The van der Waals surface area contributed by atoms with Gasteiger partial charge < -0.3 is 4.74 Å². The second-order valence-corrected chi connectivity index (χ2v) is 6.82. The number of thiazole rings is 1. The van der Waals surface area contributed by atoms with Crippen LogP contribution in [0.15, 0.2) is 60.0 Å². The first kappa shape index (κ1) is 18.8. The molecule has 0 fully saturated rings. The van der Waals surface area contributed by atoms with E-state index in [0.29, 0.717) is 15.9 Å². The molecule has 0 saturated heterocycles. The molecule has 0 bridgehead atoms. The number of nitrogens with one attached hydrogen (secondary N) is 1. The lowest BCUT2D eigenvalue weighted by Gasteiger charge is -2.01. The van der Waals surface area contributed by atoms with E-state index in [1.807, 2.05) is 17.5 Å². The number of esters is 1. The number of anilines is 1. The van der Waals surface area contributed by atoms with Gasteiger partial charge in [-0.3, -0.25) is 14.9 Å². The fourth-order valence-corrected chi connectivity index (χ4v) is 3.06. The molecule has 1 aromatic heterocycles. The van der Waals surface area contributed by atoms with Crippen LogP contribution >= 0.6 is 22.9 Å². The first-order chi connectivity index (χ1) is 13.0. The highest BCUT2D eigenvalue weighted by molar-refractivity contribution is 7.14. The largest absolute Gasteiger partial charge is 0.427 e. The second-order valence-electron chi connectivity index (χ2n) is 5.53. The standard InChI is InChI=1S/C20H15ClN2O3S/c1-13(24)26-17-9-2-14(3-10-17)4-11-19(25)23-20-22-18(12-27-20)15-5-7-16(21)8-6-15/h2-12H,1H3,(H,22,23,25). The molecule has 3 aromatic rings. The van der Waals surface area contributed by atoms with Crippen molar-refractivity contribution in [2.75, 3.05) is 5.32 Å². The maximum absolute atomic E-state index is 12.1. The molecule has 0 atom stereocenters. The van der Waals surface area contributed by atoms with Gasteiger partial charge in [0, 0.05) is 29.0 Å². The second kappa shape index (κ2) is 8.62. The van der Waals surface area contributed by atoms with E-state index in [1.54, 1.807) is 42.5 Å². The average Bonchev–Trinajstić information content (AvgIpc) is 3.09. The zero-order valence-electron chi connectivity index (χ0n) is 14.3. The van der Waals surface area contributed by atoms with Gasteiger partial charge in [-0.1, -0.05) is 35.9 Å². The summed E-state index contributed by atoms with van der Waals surface area (Å²) < 4.78 is 4.96. The third-order valence-corrected chi connectivity index (χ3v) is 4.45. The number of aromatic nitrogens is 1. The van der Waals surface area contributed by atoms with Crippen molar-refractivity contribution >= 4 is 46.0 Å². The van der Waals surface area contributed by atoms with E-state index in [1.165, 1.54) is 24.3 Å². The minimum Gasteiger partial charge on any atom is -0.427 e. The van der Waals surface area contributed by atoms with E-state index < -0.39 is 0 Å². The van der Waals surface area contributed by atoms with Crippen LogP contribution in [0.5, 0.6) is 5.75 Å². The van der Waals surface area contributed by atoms with Crippen molar-refractivity contribution in [3.8, 4) is 17.0 Å². The number of nitrogens with zero attached hydrogens (tertiary/aromatic N) is 1. The fraction of sp³-hybridized carbons (Fsp3) is 0.0500. The molecule has 0 spiro atoms. The van der Waals surface area contributed by atoms with Crippen molar-refractivity contribution in [2.45, 2.75) is 6.92 Å². The zero-order chi connectivity index (χ0) is 19.2. The number of ether oxygens (including phenoxy) is 1. The van der Waals surface area contributed by atoms with Crippen molar-refractivity contribution in [1.82, 2.24) is 4.98 Å². The Morgan fingerprint density at radius 3 is 2.48 bits per heavy atom. The first-order valence-electron chi connectivity index (χ1n) is 7.98. The van der Waals surface area contributed by atoms with Gasteiger partial charge in [0.1, 0.15) is 5.75 Å². The summed E-state index contributed by atoms with van der Waals surface area (Å²) in [5, 5.41) is 5.78.